The lowest BCUT2D eigenvalue weighted by atomic mass is 10.1. The number of aromatic hydroxyl groups is 1. The van der Waals surface area contributed by atoms with Crippen molar-refractivity contribution in [2.24, 2.45) is 4.99 Å². The smallest absolute Gasteiger partial charge is 0.185 e. The molecule has 0 spiro atoms. The van der Waals surface area contributed by atoms with Gasteiger partial charge in [0.05, 0.1) is 0 Å². The first-order valence-corrected chi connectivity index (χ1v) is 7.74. The highest BCUT2D eigenvalue weighted by Crippen LogP contribution is 2.27. The molecule has 2 aromatic carbocycles. The third-order valence-corrected chi connectivity index (χ3v) is 3.79. The van der Waals surface area contributed by atoms with Gasteiger partial charge in [-0.1, -0.05) is 53.2 Å². The molecule has 0 bridgehead atoms. The molecule has 1 aromatic heterocycles. The fraction of sp³-hybridized carbons (Fsp3) is 0.0526. The van der Waals surface area contributed by atoms with Gasteiger partial charge in [0.1, 0.15) is 17.1 Å². The number of phenols is 1. The van der Waals surface area contributed by atoms with Gasteiger partial charge in [-0.3, -0.25) is 4.99 Å². The Labute approximate surface area is 144 Å². The zero-order chi connectivity index (χ0) is 16.9. The third-order valence-electron chi connectivity index (χ3n) is 3.45. The number of para-hydroxylation sites is 1. The second-order valence-corrected chi connectivity index (χ2v) is 5.56. The molecule has 0 amide bonds. The number of benzene rings is 2. The minimum absolute atomic E-state index is 0.200. The van der Waals surface area contributed by atoms with E-state index in [1.165, 1.54) is 0 Å². The second-order valence-electron chi connectivity index (χ2n) is 5.15. The lowest BCUT2D eigenvalue weighted by Crippen LogP contribution is -1.82. The molecule has 0 aliphatic heterocycles. The monoisotopic (exact) mass is 338 g/mol. The predicted molar refractivity (Wildman–Crippen MR) is 97.0 cm³/mol. The molecular formula is C19H15ClN2O2. The number of phenolic OH excluding ortho intramolecular Hbond substituents is 1. The van der Waals surface area contributed by atoms with Crippen molar-refractivity contribution in [2.75, 3.05) is 0 Å². The standard InChI is InChI=1S/C19H15ClN2O2/c1-13-19(21-12-15-7-2-4-8-16(15)20)18(24-22-13)11-10-14-6-3-5-9-17(14)23/h2-12,23H,1H3/b11-10+,21-12?. The van der Waals surface area contributed by atoms with E-state index in [2.05, 4.69) is 10.1 Å². The molecule has 1 N–H and O–H groups in total. The van der Waals surface area contributed by atoms with Gasteiger partial charge in [0, 0.05) is 22.4 Å². The van der Waals surface area contributed by atoms with Gasteiger partial charge in [0.2, 0.25) is 0 Å². The normalized spacial score (nSPS) is 11.6. The highest BCUT2D eigenvalue weighted by Gasteiger charge is 2.09. The Balaban J connectivity index is 1.90. The number of nitrogens with zero attached hydrogens (tertiary/aromatic N) is 2. The average molecular weight is 339 g/mol. The van der Waals surface area contributed by atoms with Crippen LogP contribution < -0.4 is 0 Å². The molecule has 120 valence electrons. The van der Waals surface area contributed by atoms with Gasteiger partial charge in [-0.2, -0.15) is 0 Å². The van der Waals surface area contributed by atoms with Gasteiger partial charge in [-0.05, 0) is 31.2 Å². The number of halogens is 1. The van der Waals surface area contributed by atoms with Crippen molar-refractivity contribution in [3.8, 4) is 5.75 Å². The van der Waals surface area contributed by atoms with E-state index in [9.17, 15) is 5.11 Å². The average Bonchev–Trinajstić information content (AvgIpc) is 2.93. The molecule has 24 heavy (non-hydrogen) atoms. The Morgan fingerprint density at radius 2 is 1.75 bits per heavy atom. The highest BCUT2D eigenvalue weighted by molar-refractivity contribution is 6.33. The summed E-state index contributed by atoms with van der Waals surface area (Å²) in [6.45, 7) is 1.82. The molecule has 0 radical (unpaired) electrons. The van der Waals surface area contributed by atoms with Gasteiger partial charge >= 0.3 is 0 Å². The van der Waals surface area contributed by atoms with E-state index < -0.39 is 0 Å². The van der Waals surface area contributed by atoms with Crippen molar-refractivity contribution in [2.45, 2.75) is 6.92 Å². The van der Waals surface area contributed by atoms with E-state index in [1.807, 2.05) is 43.3 Å². The van der Waals surface area contributed by atoms with Crippen LogP contribution in [0.15, 0.2) is 58.0 Å². The van der Waals surface area contributed by atoms with Crippen molar-refractivity contribution >= 4 is 35.7 Å². The van der Waals surface area contributed by atoms with Crippen LogP contribution >= 0.6 is 11.6 Å². The molecule has 5 heteroatoms. The second kappa shape index (κ2) is 7.15. The zero-order valence-corrected chi connectivity index (χ0v) is 13.7. The summed E-state index contributed by atoms with van der Waals surface area (Å²) >= 11 is 6.13. The fourth-order valence-corrected chi connectivity index (χ4v) is 2.34. The molecule has 0 fully saturated rings. The number of hydrogen-bond donors (Lipinski definition) is 1. The lowest BCUT2D eigenvalue weighted by molar-refractivity contribution is 0.408. The summed E-state index contributed by atoms with van der Waals surface area (Å²) in [6.07, 6.45) is 5.16. The Kier molecular flexibility index (Phi) is 4.77. The van der Waals surface area contributed by atoms with Gasteiger partial charge in [0.25, 0.3) is 0 Å². The van der Waals surface area contributed by atoms with Crippen molar-refractivity contribution in [3.63, 3.8) is 0 Å². The number of rotatable bonds is 4. The summed E-state index contributed by atoms with van der Waals surface area (Å²) in [5, 5.41) is 14.4. The van der Waals surface area contributed by atoms with Crippen LogP contribution in [0.1, 0.15) is 22.6 Å². The van der Waals surface area contributed by atoms with Gasteiger partial charge in [-0.15, -0.1) is 0 Å². The van der Waals surface area contributed by atoms with Crippen molar-refractivity contribution in [1.29, 1.82) is 0 Å². The van der Waals surface area contributed by atoms with Crippen molar-refractivity contribution < 1.29 is 9.63 Å². The molecule has 3 rings (SSSR count). The first-order valence-electron chi connectivity index (χ1n) is 7.36. The van der Waals surface area contributed by atoms with Crippen LogP contribution in [-0.4, -0.2) is 16.5 Å². The summed E-state index contributed by atoms with van der Waals surface area (Å²) in [7, 11) is 0. The molecule has 0 saturated heterocycles. The molecule has 0 aliphatic rings. The topological polar surface area (TPSA) is 58.6 Å². The Morgan fingerprint density at radius 3 is 2.50 bits per heavy atom. The third kappa shape index (κ3) is 3.55. The van der Waals surface area contributed by atoms with E-state index in [-0.39, 0.29) is 5.75 Å². The Hall–Kier alpha value is -2.85. The summed E-state index contributed by atoms with van der Waals surface area (Å²) in [5.41, 5.74) is 2.81. The maximum absolute atomic E-state index is 9.80. The fourth-order valence-electron chi connectivity index (χ4n) is 2.16. The molecule has 3 aromatic rings. The van der Waals surface area contributed by atoms with E-state index in [1.54, 1.807) is 30.5 Å². The van der Waals surface area contributed by atoms with Crippen LogP contribution in [0.4, 0.5) is 5.69 Å². The Morgan fingerprint density at radius 1 is 1.04 bits per heavy atom. The first-order chi connectivity index (χ1) is 11.6. The van der Waals surface area contributed by atoms with E-state index in [0.717, 1.165) is 5.56 Å². The van der Waals surface area contributed by atoms with Gasteiger partial charge in [-0.25, -0.2) is 0 Å². The van der Waals surface area contributed by atoms with Crippen LogP contribution in [0.3, 0.4) is 0 Å². The molecule has 0 aliphatic carbocycles. The largest absolute Gasteiger partial charge is 0.507 e. The number of aryl methyl sites for hydroxylation is 1. The molecule has 0 unspecified atom stereocenters. The summed E-state index contributed by atoms with van der Waals surface area (Å²) < 4.78 is 5.31. The van der Waals surface area contributed by atoms with Gasteiger partial charge in [0.15, 0.2) is 5.76 Å². The van der Waals surface area contributed by atoms with Gasteiger partial charge < -0.3 is 9.63 Å². The number of hydrogen-bond acceptors (Lipinski definition) is 4. The minimum atomic E-state index is 0.200. The van der Waals surface area contributed by atoms with Crippen LogP contribution in [-0.2, 0) is 0 Å². The zero-order valence-electron chi connectivity index (χ0n) is 13.0. The maximum Gasteiger partial charge on any atom is 0.185 e. The van der Waals surface area contributed by atoms with E-state index in [0.29, 0.717) is 27.7 Å². The SMILES string of the molecule is Cc1noc(/C=C/c2ccccc2O)c1N=Cc1ccccc1Cl. The van der Waals surface area contributed by atoms with Crippen LogP contribution in [0, 0.1) is 6.92 Å². The minimum Gasteiger partial charge on any atom is -0.507 e. The summed E-state index contributed by atoms with van der Waals surface area (Å²) in [5.74, 6) is 0.713. The predicted octanol–water partition coefficient (Wildman–Crippen LogP) is 5.26. The molecule has 0 atom stereocenters. The van der Waals surface area contributed by atoms with Crippen molar-refractivity contribution in [3.05, 3.63) is 76.1 Å². The number of aliphatic imine (C=N–C) groups is 1. The van der Waals surface area contributed by atoms with E-state index >= 15 is 0 Å². The van der Waals surface area contributed by atoms with Crippen LogP contribution in [0.5, 0.6) is 5.75 Å². The maximum atomic E-state index is 9.80. The first kappa shape index (κ1) is 16.0. The number of aromatic nitrogens is 1. The quantitative estimate of drug-likeness (QED) is 0.660. The Bertz CT molecular complexity index is 913. The molecule has 0 saturated carbocycles. The molecule has 1 heterocycles. The molecule has 4 nitrogen and oxygen atoms in total. The highest BCUT2D eigenvalue weighted by atomic mass is 35.5. The van der Waals surface area contributed by atoms with Crippen molar-refractivity contribution in [1.82, 2.24) is 5.16 Å². The lowest BCUT2D eigenvalue weighted by Gasteiger charge is -1.97. The summed E-state index contributed by atoms with van der Waals surface area (Å²) in [6, 6.07) is 14.5. The summed E-state index contributed by atoms with van der Waals surface area (Å²) in [4.78, 5) is 4.45. The molecular weight excluding hydrogens is 324 g/mol. The van der Waals surface area contributed by atoms with E-state index in [4.69, 9.17) is 16.1 Å². The van der Waals surface area contributed by atoms with Crippen LogP contribution in [0.25, 0.3) is 12.2 Å². The van der Waals surface area contributed by atoms with Crippen LogP contribution in [0.2, 0.25) is 5.02 Å².